The Morgan fingerprint density at radius 3 is 2.84 bits per heavy atom. The average molecular weight is 263 g/mol. The van der Waals surface area contributed by atoms with Gasteiger partial charge in [0.2, 0.25) is 6.08 Å². The van der Waals surface area contributed by atoms with Crippen LogP contribution in [0, 0.1) is 5.82 Å². The van der Waals surface area contributed by atoms with Crippen molar-refractivity contribution in [1.82, 2.24) is 0 Å². The number of nitrogens with zero attached hydrogens (tertiary/aromatic N) is 1. The van der Waals surface area contributed by atoms with E-state index in [4.69, 9.17) is 9.47 Å². The van der Waals surface area contributed by atoms with Gasteiger partial charge in [0.25, 0.3) is 0 Å². The molecule has 0 saturated heterocycles. The van der Waals surface area contributed by atoms with Gasteiger partial charge in [-0.15, -0.1) is 0 Å². The van der Waals surface area contributed by atoms with Gasteiger partial charge < -0.3 is 9.47 Å². The standard InChI is InChI=1S/C14H14FNO3/c15-11-5-10-7-18-9-19-13(10)12(6-11)14(16-8-17)3-1-2-4-14/h5-6H,1-4,7,9H2. The van der Waals surface area contributed by atoms with Crippen LogP contribution in [0.4, 0.5) is 4.39 Å². The molecule has 1 fully saturated rings. The molecule has 4 nitrogen and oxygen atoms in total. The third kappa shape index (κ3) is 2.05. The van der Waals surface area contributed by atoms with E-state index in [1.165, 1.54) is 12.1 Å². The fraction of sp³-hybridized carbons (Fsp3) is 0.500. The first kappa shape index (κ1) is 12.3. The van der Waals surface area contributed by atoms with Crippen molar-refractivity contribution >= 4 is 6.08 Å². The number of carbonyl (C=O) groups excluding carboxylic acids is 1. The molecule has 0 bridgehead atoms. The number of hydrogen-bond acceptors (Lipinski definition) is 4. The van der Waals surface area contributed by atoms with Crippen LogP contribution < -0.4 is 4.74 Å². The van der Waals surface area contributed by atoms with Crippen LogP contribution in [0.5, 0.6) is 5.75 Å². The van der Waals surface area contributed by atoms with E-state index in [0.717, 1.165) is 25.7 Å². The number of isocyanates is 1. The highest BCUT2D eigenvalue weighted by atomic mass is 19.1. The van der Waals surface area contributed by atoms with Crippen LogP contribution in [0.2, 0.25) is 0 Å². The fourth-order valence-corrected chi connectivity index (χ4v) is 3.01. The number of hydrogen-bond donors (Lipinski definition) is 0. The molecular formula is C14H14FNO3. The highest BCUT2D eigenvalue weighted by Gasteiger charge is 2.39. The summed E-state index contributed by atoms with van der Waals surface area (Å²) in [6.07, 6.45) is 5.02. The number of ether oxygens (including phenoxy) is 2. The lowest BCUT2D eigenvalue weighted by Crippen LogP contribution is -2.23. The monoisotopic (exact) mass is 263 g/mol. The Labute approximate surface area is 110 Å². The fourth-order valence-electron chi connectivity index (χ4n) is 3.01. The molecule has 1 heterocycles. The van der Waals surface area contributed by atoms with Gasteiger partial charge in [-0.05, 0) is 25.0 Å². The minimum atomic E-state index is -0.675. The molecule has 1 aliphatic carbocycles. The van der Waals surface area contributed by atoms with E-state index < -0.39 is 5.54 Å². The Hall–Kier alpha value is -1.71. The van der Waals surface area contributed by atoms with Crippen LogP contribution in [0.3, 0.4) is 0 Å². The quantitative estimate of drug-likeness (QED) is 0.609. The van der Waals surface area contributed by atoms with E-state index in [0.29, 0.717) is 23.5 Å². The Morgan fingerprint density at radius 2 is 2.11 bits per heavy atom. The lowest BCUT2D eigenvalue weighted by Gasteiger charge is -2.29. The molecule has 5 heteroatoms. The Balaban J connectivity index is 2.17. The molecule has 0 amide bonds. The first-order valence-electron chi connectivity index (χ1n) is 6.38. The van der Waals surface area contributed by atoms with Gasteiger partial charge in [0, 0.05) is 11.1 Å². The summed E-state index contributed by atoms with van der Waals surface area (Å²) < 4.78 is 24.4. The molecule has 0 atom stereocenters. The molecule has 0 aromatic heterocycles. The normalized spacial score (nSPS) is 20.3. The van der Waals surface area contributed by atoms with Gasteiger partial charge in [-0.25, -0.2) is 9.18 Å². The first-order valence-corrected chi connectivity index (χ1v) is 6.38. The van der Waals surface area contributed by atoms with Crippen LogP contribution in [-0.4, -0.2) is 12.9 Å². The van der Waals surface area contributed by atoms with Crippen molar-refractivity contribution in [3.05, 3.63) is 29.1 Å². The van der Waals surface area contributed by atoms with E-state index in [2.05, 4.69) is 4.99 Å². The van der Waals surface area contributed by atoms with Crippen LogP contribution in [0.1, 0.15) is 36.8 Å². The van der Waals surface area contributed by atoms with Gasteiger partial charge in [-0.2, -0.15) is 4.99 Å². The summed E-state index contributed by atoms with van der Waals surface area (Å²) >= 11 is 0. The first-order chi connectivity index (χ1) is 9.25. The summed E-state index contributed by atoms with van der Waals surface area (Å²) in [6, 6.07) is 2.83. The second kappa shape index (κ2) is 4.76. The van der Waals surface area contributed by atoms with Gasteiger partial charge in [-0.3, -0.25) is 0 Å². The second-order valence-electron chi connectivity index (χ2n) is 4.99. The summed E-state index contributed by atoms with van der Waals surface area (Å²) in [5.41, 5.74) is 0.658. The van der Waals surface area contributed by atoms with Gasteiger partial charge in [0.15, 0.2) is 6.79 Å². The molecular weight excluding hydrogens is 249 g/mol. The van der Waals surface area contributed by atoms with Crippen molar-refractivity contribution in [3.8, 4) is 5.75 Å². The summed E-state index contributed by atoms with van der Waals surface area (Å²) in [6.45, 7) is 0.466. The highest BCUT2D eigenvalue weighted by molar-refractivity contribution is 5.49. The summed E-state index contributed by atoms with van der Waals surface area (Å²) in [5, 5.41) is 0. The molecule has 0 unspecified atom stereocenters. The van der Waals surface area contributed by atoms with E-state index in [1.54, 1.807) is 6.08 Å². The maximum atomic E-state index is 13.8. The van der Waals surface area contributed by atoms with E-state index in [1.807, 2.05) is 0 Å². The largest absolute Gasteiger partial charge is 0.467 e. The van der Waals surface area contributed by atoms with E-state index in [-0.39, 0.29) is 12.6 Å². The lowest BCUT2D eigenvalue weighted by molar-refractivity contribution is -0.0180. The van der Waals surface area contributed by atoms with Crippen molar-refractivity contribution in [2.75, 3.05) is 6.79 Å². The summed E-state index contributed by atoms with van der Waals surface area (Å²) in [7, 11) is 0. The number of rotatable bonds is 2. The number of fused-ring (bicyclic) bond motifs is 1. The van der Waals surface area contributed by atoms with Gasteiger partial charge in [-0.1, -0.05) is 12.8 Å². The van der Waals surface area contributed by atoms with E-state index >= 15 is 0 Å². The SMILES string of the molecule is O=C=NC1(c2cc(F)cc3c2OCOC3)CCCC1. The van der Waals surface area contributed by atoms with Gasteiger partial charge in [0.05, 0.1) is 6.61 Å². The zero-order chi connectivity index (χ0) is 13.3. The molecule has 1 saturated carbocycles. The molecule has 19 heavy (non-hydrogen) atoms. The van der Waals surface area contributed by atoms with Crippen molar-refractivity contribution in [2.24, 2.45) is 4.99 Å². The lowest BCUT2D eigenvalue weighted by atomic mass is 9.86. The third-order valence-electron chi connectivity index (χ3n) is 3.87. The van der Waals surface area contributed by atoms with Crippen LogP contribution in [-0.2, 0) is 21.7 Å². The van der Waals surface area contributed by atoms with Crippen LogP contribution in [0.15, 0.2) is 17.1 Å². The summed E-state index contributed by atoms with van der Waals surface area (Å²) in [5.74, 6) is 0.267. The third-order valence-corrected chi connectivity index (χ3v) is 3.87. The average Bonchev–Trinajstić information content (AvgIpc) is 2.88. The molecule has 1 aliphatic heterocycles. The molecule has 1 aromatic carbocycles. The molecule has 100 valence electrons. The predicted molar refractivity (Wildman–Crippen MR) is 65.0 cm³/mol. The van der Waals surface area contributed by atoms with Crippen molar-refractivity contribution < 1.29 is 18.7 Å². The van der Waals surface area contributed by atoms with Gasteiger partial charge >= 0.3 is 0 Å². The number of benzene rings is 1. The molecule has 2 aliphatic rings. The van der Waals surface area contributed by atoms with Crippen LogP contribution in [0.25, 0.3) is 0 Å². The molecule has 0 radical (unpaired) electrons. The Morgan fingerprint density at radius 1 is 1.32 bits per heavy atom. The smallest absolute Gasteiger partial charge is 0.235 e. The van der Waals surface area contributed by atoms with Crippen molar-refractivity contribution in [2.45, 2.75) is 37.8 Å². The topological polar surface area (TPSA) is 47.9 Å². The minimum absolute atomic E-state index is 0.145. The van der Waals surface area contributed by atoms with Crippen molar-refractivity contribution in [1.29, 1.82) is 0 Å². The predicted octanol–water partition coefficient (Wildman–Crippen LogP) is 2.80. The maximum absolute atomic E-state index is 13.8. The second-order valence-corrected chi connectivity index (χ2v) is 4.99. The number of halogens is 1. The zero-order valence-electron chi connectivity index (χ0n) is 10.4. The molecule has 0 N–H and O–H groups in total. The zero-order valence-corrected chi connectivity index (χ0v) is 10.4. The van der Waals surface area contributed by atoms with Gasteiger partial charge in [0.1, 0.15) is 17.1 Å². The number of aliphatic imine (C=N–C) groups is 1. The molecule has 1 aromatic rings. The van der Waals surface area contributed by atoms with Crippen LogP contribution >= 0.6 is 0 Å². The Bertz CT molecular complexity index is 546. The summed E-state index contributed by atoms with van der Waals surface area (Å²) in [4.78, 5) is 14.7. The van der Waals surface area contributed by atoms with Crippen molar-refractivity contribution in [3.63, 3.8) is 0 Å². The highest BCUT2D eigenvalue weighted by Crippen LogP contribution is 2.47. The maximum Gasteiger partial charge on any atom is 0.235 e. The minimum Gasteiger partial charge on any atom is -0.467 e. The molecule has 0 spiro atoms. The Kier molecular flexibility index (Phi) is 3.09. The molecule has 3 rings (SSSR count). The van der Waals surface area contributed by atoms with E-state index in [9.17, 15) is 9.18 Å².